The molecular formula is C23H26N4O8ReS. The molecule has 2 aromatic rings. The zero-order valence-electron chi connectivity index (χ0n) is 19.6. The number of nitrogens with zero attached hydrogens (tertiary/aromatic N) is 2. The third-order valence-electron chi connectivity index (χ3n) is 4.16. The number of carbonyl (C=O) groups is 2. The van der Waals surface area contributed by atoms with Crippen LogP contribution in [-0.2, 0) is 59.8 Å². The predicted molar refractivity (Wildman–Crippen MR) is 125 cm³/mol. The predicted octanol–water partition coefficient (Wildman–Crippen LogP) is 2.88. The molecule has 199 valence electrons. The topological polar surface area (TPSA) is 187 Å². The van der Waals surface area contributed by atoms with Crippen LogP contribution < -0.4 is 11.2 Å². The monoisotopic (exact) mass is 705 g/mol. The number of unbranched alkanes of at least 4 members (excludes halogenated alkanes) is 2. The standard InChI is InChI=1S/C20H26N4O5S.3CO.Re/c21-28-29-30-18-10-8-16(9-11-18)23-19(25)7-2-1-5-13-24(15-20(26)27)14-17-6-3-4-12-22-17;3*1-2;/h3-4,6,8-12H,1-2,5,7,13-15,21H2,(H,23,25)(H,26,27);;;;. The van der Waals surface area contributed by atoms with E-state index in [0.29, 0.717) is 25.2 Å². The van der Waals surface area contributed by atoms with Crippen molar-refractivity contribution in [2.45, 2.75) is 37.1 Å². The molecule has 0 bridgehead atoms. The zero-order chi connectivity index (χ0) is 27.6. The number of rotatable bonds is 14. The molecule has 12 nitrogen and oxygen atoms in total. The van der Waals surface area contributed by atoms with E-state index in [0.717, 1.165) is 41.9 Å². The third-order valence-corrected chi connectivity index (χ3v) is 4.77. The van der Waals surface area contributed by atoms with E-state index in [1.165, 1.54) is 0 Å². The van der Waals surface area contributed by atoms with Gasteiger partial charge in [0, 0.05) is 50.2 Å². The molecule has 1 amide bonds. The minimum atomic E-state index is -0.864. The van der Waals surface area contributed by atoms with Gasteiger partial charge in [-0.05, 0) is 55.8 Å². The van der Waals surface area contributed by atoms with Gasteiger partial charge in [-0.2, -0.15) is 5.90 Å². The summed E-state index contributed by atoms with van der Waals surface area (Å²) in [7, 11) is 0. The number of aromatic nitrogens is 1. The van der Waals surface area contributed by atoms with Crippen LogP contribution in [0, 0.1) is 20.0 Å². The van der Waals surface area contributed by atoms with Crippen LogP contribution in [-0.4, -0.2) is 40.0 Å². The number of anilines is 1. The molecule has 0 aliphatic rings. The van der Waals surface area contributed by atoms with Gasteiger partial charge in [0.15, 0.2) is 0 Å². The van der Waals surface area contributed by atoms with Gasteiger partial charge in [0.1, 0.15) is 0 Å². The first-order chi connectivity index (χ1) is 17.6. The van der Waals surface area contributed by atoms with Gasteiger partial charge in [0.25, 0.3) is 0 Å². The second kappa shape index (κ2) is 28.0. The quantitative estimate of drug-likeness (QED) is 0.0664. The van der Waals surface area contributed by atoms with Gasteiger partial charge in [0.2, 0.25) is 5.91 Å². The van der Waals surface area contributed by atoms with Crippen molar-refractivity contribution in [2.75, 3.05) is 18.4 Å². The Labute approximate surface area is 233 Å². The first-order valence-electron chi connectivity index (χ1n) is 10.1. The summed E-state index contributed by atoms with van der Waals surface area (Å²) < 4.78 is 27.1. The molecule has 4 N–H and O–H groups in total. The molecule has 37 heavy (non-hydrogen) atoms. The number of carboxylic acid groups (broad SMARTS) is 1. The van der Waals surface area contributed by atoms with Crippen molar-refractivity contribution in [1.82, 2.24) is 9.88 Å². The summed E-state index contributed by atoms with van der Waals surface area (Å²) >= 11 is 0.969. The first kappa shape index (κ1) is 38.9. The van der Waals surface area contributed by atoms with E-state index in [9.17, 15) is 9.59 Å². The fourth-order valence-electron chi connectivity index (χ4n) is 2.80. The Morgan fingerprint density at radius 3 is 2.22 bits per heavy atom. The average Bonchev–Trinajstić information content (AvgIpc) is 2.91. The van der Waals surface area contributed by atoms with Gasteiger partial charge in [-0.1, -0.05) is 12.5 Å². The molecule has 1 radical (unpaired) electrons. The Bertz CT molecular complexity index is 900. The minimum absolute atomic E-state index is 0. The molecule has 0 unspecified atom stereocenters. The van der Waals surface area contributed by atoms with E-state index in [4.69, 9.17) is 25.0 Å². The van der Waals surface area contributed by atoms with Crippen LogP contribution in [0.1, 0.15) is 31.4 Å². The molecule has 0 saturated heterocycles. The first-order valence-corrected chi connectivity index (χ1v) is 10.9. The van der Waals surface area contributed by atoms with Gasteiger partial charge < -0.3 is 10.4 Å². The Balaban J connectivity index is -0.00000153. The van der Waals surface area contributed by atoms with Crippen LogP contribution in [0.2, 0.25) is 0 Å². The number of hydrogen-bond acceptors (Lipinski definition) is 8. The Morgan fingerprint density at radius 1 is 1.03 bits per heavy atom. The summed E-state index contributed by atoms with van der Waals surface area (Å²) in [6.45, 7) is 14.6. The molecule has 0 aliphatic heterocycles. The molecule has 0 aliphatic carbocycles. The van der Waals surface area contributed by atoms with Crippen LogP contribution >= 0.6 is 12.0 Å². The van der Waals surface area contributed by atoms with E-state index in [2.05, 4.69) is 39.6 Å². The normalized spacial score (nSPS) is 8.97. The second-order valence-corrected chi connectivity index (χ2v) is 7.33. The van der Waals surface area contributed by atoms with Crippen LogP contribution in [0.3, 0.4) is 0 Å². The molecule has 14 heteroatoms. The summed E-state index contributed by atoms with van der Waals surface area (Å²) in [5.41, 5.74) is 1.53. The van der Waals surface area contributed by atoms with Crippen LogP contribution in [0.5, 0.6) is 0 Å². The summed E-state index contributed by atoms with van der Waals surface area (Å²) in [6.07, 6.45) is 4.47. The number of aliphatic carboxylic acids is 1. The molecule has 0 spiro atoms. The summed E-state index contributed by atoms with van der Waals surface area (Å²) in [5, 5.41) is 11.9. The zero-order valence-corrected chi connectivity index (χ0v) is 23.2. The SMILES string of the molecule is NOOSc1ccc(NC(=O)CCCCCN(CC(=O)O)Cc2ccccn2)cc1.[C-]#[O+].[C-]#[O+].[C-]#[O+].[Re]. The fraction of sp³-hybridized carbons (Fsp3) is 0.304. The van der Waals surface area contributed by atoms with E-state index in [1.807, 2.05) is 23.1 Å². The Morgan fingerprint density at radius 2 is 1.68 bits per heavy atom. The molecule has 0 fully saturated rings. The number of nitrogens with one attached hydrogen (secondary N) is 1. The maximum atomic E-state index is 12.1. The maximum absolute atomic E-state index is 12.1. The van der Waals surface area contributed by atoms with Crippen molar-refractivity contribution in [3.8, 4) is 0 Å². The summed E-state index contributed by atoms with van der Waals surface area (Å²) in [4.78, 5) is 34.1. The Kier molecular flexibility index (Phi) is 29.4. The number of amides is 1. The summed E-state index contributed by atoms with van der Waals surface area (Å²) in [6, 6.07) is 12.7. The smallest absolute Gasteiger partial charge is 0 e. The maximum Gasteiger partial charge on any atom is 0 e. The van der Waals surface area contributed by atoms with Crippen molar-refractivity contribution in [1.29, 1.82) is 0 Å². The van der Waals surface area contributed by atoms with Crippen molar-refractivity contribution in [2.24, 2.45) is 5.90 Å². The molecule has 1 aromatic heterocycles. The van der Waals surface area contributed by atoms with Gasteiger partial charge in [-0.3, -0.25) is 19.5 Å². The van der Waals surface area contributed by atoms with Gasteiger partial charge in [-0.25, -0.2) is 0 Å². The summed E-state index contributed by atoms with van der Waals surface area (Å²) in [5.74, 6) is 3.85. The average molecular weight is 705 g/mol. The number of nitrogens with two attached hydrogens (primary N) is 1. The third kappa shape index (κ3) is 21.2. The van der Waals surface area contributed by atoms with Crippen LogP contribution in [0.4, 0.5) is 5.69 Å². The Hall–Kier alpha value is -2.62. The van der Waals surface area contributed by atoms with E-state index >= 15 is 0 Å². The van der Waals surface area contributed by atoms with Crippen LogP contribution in [0.25, 0.3) is 0 Å². The number of carboxylic acids is 1. The molecular weight excluding hydrogens is 679 g/mol. The van der Waals surface area contributed by atoms with Gasteiger partial charge >= 0.3 is 39.9 Å². The van der Waals surface area contributed by atoms with Crippen LogP contribution in [0.15, 0.2) is 53.6 Å². The number of pyridine rings is 1. The molecule has 2 rings (SSSR count). The molecule has 0 saturated carbocycles. The van der Waals surface area contributed by atoms with Crippen molar-refractivity contribution in [3.63, 3.8) is 0 Å². The number of carbonyl (C=O) groups excluding carboxylic acids is 1. The molecule has 1 aromatic carbocycles. The largest absolute Gasteiger partial charge is 0 e. The van der Waals surface area contributed by atoms with Crippen molar-refractivity contribution >= 4 is 29.6 Å². The molecule has 1 heterocycles. The van der Waals surface area contributed by atoms with Gasteiger partial charge in [0.05, 0.1) is 24.3 Å². The van der Waals surface area contributed by atoms with Crippen molar-refractivity contribution in [3.05, 3.63) is 74.3 Å². The van der Waals surface area contributed by atoms with Crippen molar-refractivity contribution < 1.29 is 58.4 Å². The molecule has 0 atom stereocenters. The fourth-order valence-corrected chi connectivity index (χ4v) is 3.17. The second-order valence-electron chi connectivity index (χ2n) is 6.56. The van der Waals surface area contributed by atoms with E-state index < -0.39 is 5.97 Å². The van der Waals surface area contributed by atoms with E-state index in [-0.39, 0.29) is 32.9 Å². The number of benzene rings is 1. The van der Waals surface area contributed by atoms with Gasteiger partial charge in [-0.15, -0.1) is 9.32 Å². The minimum Gasteiger partial charge on any atom is 0 e. The van der Waals surface area contributed by atoms with E-state index in [1.54, 1.807) is 30.5 Å². The number of hydrogen-bond donors (Lipinski definition) is 3.